The molecule has 1 amide bonds. The van der Waals surface area contributed by atoms with Gasteiger partial charge in [0.05, 0.1) is 11.6 Å². The fourth-order valence-corrected chi connectivity index (χ4v) is 2.02. The van der Waals surface area contributed by atoms with Crippen molar-refractivity contribution in [3.8, 4) is 0 Å². The summed E-state index contributed by atoms with van der Waals surface area (Å²) in [5.41, 5.74) is 0. The summed E-state index contributed by atoms with van der Waals surface area (Å²) in [6.45, 7) is 9.25. The predicted octanol–water partition coefficient (Wildman–Crippen LogP) is 1.70. The SMILES string of the molecule is Cc1ncc(CNCC(=O)NC(C)C(C)C)s1. The Bertz CT molecular complexity index is 362. The summed E-state index contributed by atoms with van der Waals surface area (Å²) in [6, 6.07) is 0.218. The fraction of sp³-hybridized carbons (Fsp3) is 0.667. The summed E-state index contributed by atoms with van der Waals surface area (Å²) >= 11 is 1.65. The Kier molecular flexibility index (Phi) is 5.58. The normalized spacial score (nSPS) is 12.8. The molecule has 17 heavy (non-hydrogen) atoms. The van der Waals surface area contributed by atoms with Crippen molar-refractivity contribution in [3.63, 3.8) is 0 Å². The lowest BCUT2D eigenvalue weighted by molar-refractivity contribution is -0.121. The van der Waals surface area contributed by atoms with Crippen LogP contribution in [0.25, 0.3) is 0 Å². The predicted molar refractivity (Wildman–Crippen MR) is 71.0 cm³/mol. The smallest absolute Gasteiger partial charge is 0.234 e. The molecule has 0 fully saturated rings. The summed E-state index contributed by atoms with van der Waals surface area (Å²) in [5, 5.41) is 7.13. The molecule has 0 radical (unpaired) electrons. The molecule has 0 saturated heterocycles. The molecule has 1 rings (SSSR count). The number of nitrogens with zero attached hydrogens (tertiary/aromatic N) is 1. The van der Waals surface area contributed by atoms with Crippen molar-refractivity contribution >= 4 is 17.2 Å². The van der Waals surface area contributed by atoms with Gasteiger partial charge in [-0.3, -0.25) is 4.79 Å². The van der Waals surface area contributed by atoms with Crippen LogP contribution in [-0.2, 0) is 11.3 Å². The van der Waals surface area contributed by atoms with Gasteiger partial charge in [0.2, 0.25) is 5.91 Å². The number of thiazole rings is 1. The number of hydrogen-bond donors (Lipinski definition) is 2. The highest BCUT2D eigenvalue weighted by Crippen LogP contribution is 2.10. The molecule has 0 spiro atoms. The van der Waals surface area contributed by atoms with E-state index < -0.39 is 0 Å². The maximum atomic E-state index is 11.6. The third-order valence-electron chi connectivity index (χ3n) is 2.64. The van der Waals surface area contributed by atoms with E-state index in [2.05, 4.69) is 29.5 Å². The molecule has 1 aromatic rings. The molecule has 0 saturated carbocycles. The van der Waals surface area contributed by atoms with Crippen LogP contribution in [0.3, 0.4) is 0 Å². The number of carbonyl (C=O) groups is 1. The first-order valence-corrected chi connectivity index (χ1v) is 6.72. The van der Waals surface area contributed by atoms with Crippen molar-refractivity contribution in [2.45, 2.75) is 40.3 Å². The van der Waals surface area contributed by atoms with Gasteiger partial charge in [-0.25, -0.2) is 4.98 Å². The molecule has 4 nitrogen and oxygen atoms in total. The van der Waals surface area contributed by atoms with Crippen molar-refractivity contribution in [2.24, 2.45) is 5.92 Å². The lowest BCUT2D eigenvalue weighted by Gasteiger charge is -2.17. The Hall–Kier alpha value is -0.940. The molecule has 1 aromatic heterocycles. The zero-order valence-electron chi connectivity index (χ0n) is 10.9. The zero-order chi connectivity index (χ0) is 12.8. The van der Waals surface area contributed by atoms with Gasteiger partial charge in [0, 0.05) is 23.7 Å². The number of rotatable bonds is 6. The van der Waals surface area contributed by atoms with E-state index >= 15 is 0 Å². The van der Waals surface area contributed by atoms with Gasteiger partial charge in [-0.05, 0) is 19.8 Å². The summed E-state index contributed by atoms with van der Waals surface area (Å²) in [4.78, 5) is 16.9. The maximum absolute atomic E-state index is 11.6. The Morgan fingerprint density at radius 2 is 2.18 bits per heavy atom. The van der Waals surface area contributed by atoms with Gasteiger partial charge in [-0.2, -0.15) is 0 Å². The number of aromatic nitrogens is 1. The molecule has 0 bridgehead atoms. The monoisotopic (exact) mass is 255 g/mol. The minimum atomic E-state index is 0.0486. The van der Waals surface area contributed by atoms with E-state index in [9.17, 15) is 4.79 Å². The maximum Gasteiger partial charge on any atom is 0.234 e. The Morgan fingerprint density at radius 3 is 2.71 bits per heavy atom. The number of hydrogen-bond acceptors (Lipinski definition) is 4. The third-order valence-corrected chi connectivity index (χ3v) is 3.56. The Labute approximate surface area is 107 Å². The van der Waals surface area contributed by atoms with Crippen LogP contribution in [0.2, 0.25) is 0 Å². The van der Waals surface area contributed by atoms with Crippen LogP contribution in [0.15, 0.2) is 6.20 Å². The first kappa shape index (κ1) is 14.1. The van der Waals surface area contributed by atoms with Crippen molar-refractivity contribution in [1.29, 1.82) is 0 Å². The van der Waals surface area contributed by atoms with Crippen molar-refractivity contribution < 1.29 is 4.79 Å². The van der Waals surface area contributed by atoms with Gasteiger partial charge < -0.3 is 10.6 Å². The first-order chi connectivity index (χ1) is 7.99. The molecule has 2 N–H and O–H groups in total. The summed E-state index contributed by atoms with van der Waals surface area (Å²) in [7, 11) is 0. The van der Waals surface area contributed by atoms with Crippen LogP contribution in [0.1, 0.15) is 30.7 Å². The molecule has 0 aliphatic heterocycles. The first-order valence-electron chi connectivity index (χ1n) is 5.90. The largest absolute Gasteiger partial charge is 0.352 e. The number of nitrogens with one attached hydrogen (secondary N) is 2. The lowest BCUT2D eigenvalue weighted by atomic mass is 10.1. The van der Waals surface area contributed by atoms with E-state index in [0.29, 0.717) is 19.0 Å². The van der Waals surface area contributed by atoms with Crippen LogP contribution in [-0.4, -0.2) is 23.5 Å². The van der Waals surface area contributed by atoms with E-state index in [1.807, 2.05) is 20.0 Å². The average molecular weight is 255 g/mol. The van der Waals surface area contributed by atoms with Gasteiger partial charge in [0.15, 0.2) is 0 Å². The van der Waals surface area contributed by atoms with Crippen LogP contribution in [0.4, 0.5) is 0 Å². The highest BCUT2D eigenvalue weighted by atomic mass is 32.1. The molecular weight excluding hydrogens is 234 g/mol. The van der Waals surface area contributed by atoms with Gasteiger partial charge in [-0.15, -0.1) is 11.3 Å². The van der Waals surface area contributed by atoms with E-state index in [1.54, 1.807) is 11.3 Å². The molecule has 1 heterocycles. The summed E-state index contributed by atoms with van der Waals surface area (Å²) in [6.07, 6.45) is 1.85. The molecule has 1 unspecified atom stereocenters. The van der Waals surface area contributed by atoms with Crippen LogP contribution in [0.5, 0.6) is 0 Å². The quantitative estimate of drug-likeness (QED) is 0.813. The van der Waals surface area contributed by atoms with Crippen molar-refractivity contribution in [1.82, 2.24) is 15.6 Å². The Balaban J connectivity index is 2.20. The number of carbonyl (C=O) groups excluding carboxylic acids is 1. The molecule has 0 aromatic carbocycles. The highest BCUT2D eigenvalue weighted by molar-refractivity contribution is 7.11. The standard InChI is InChI=1S/C12H21N3OS/c1-8(2)9(3)15-12(16)7-13-5-11-6-14-10(4)17-11/h6,8-9,13H,5,7H2,1-4H3,(H,15,16). The van der Waals surface area contributed by atoms with Crippen LogP contribution >= 0.6 is 11.3 Å². The summed E-state index contributed by atoms with van der Waals surface area (Å²) < 4.78 is 0. The van der Waals surface area contributed by atoms with E-state index in [0.717, 1.165) is 9.88 Å². The second kappa shape index (κ2) is 6.71. The van der Waals surface area contributed by atoms with Gasteiger partial charge in [0.1, 0.15) is 0 Å². The molecule has 0 aliphatic rings. The molecule has 1 atom stereocenters. The van der Waals surface area contributed by atoms with Gasteiger partial charge >= 0.3 is 0 Å². The van der Waals surface area contributed by atoms with Crippen LogP contribution < -0.4 is 10.6 Å². The van der Waals surface area contributed by atoms with Crippen LogP contribution in [0, 0.1) is 12.8 Å². The number of amides is 1. The summed E-state index contributed by atoms with van der Waals surface area (Å²) in [5.74, 6) is 0.510. The molecule has 5 heteroatoms. The second-order valence-corrected chi connectivity index (χ2v) is 5.87. The lowest BCUT2D eigenvalue weighted by Crippen LogP contribution is -2.41. The number of aryl methyl sites for hydroxylation is 1. The van der Waals surface area contributed by atoms with E-state index in [-0.39, 0.29) is 11.9 Å². The molecule has 96 valence electrons. The van der Waals surface area contributed by atoms with Gasteiger partial charge in [-0.1, -0.05) is 13.8 Å². The highest BCUT2D eigenvalue weighted by Gasteiger charge is 2.10. The minimum absolute atomic E-state index is 0.0486. The Morgan fingerprint density at radius 1 is 1.47 bits per heavy atom. The van der Waals surface area contributed by atoms with Crippen molar-refractivity contribution in [2.75, 3.05) is 6.54 Å². The molecule has 0 aliphatic carbocycles. The zero-order valence-corrected chi connectivity index (χ0v) is 11.7. The van der Waals surface area contributed by atoms with E-state index in [4.69, 9.17) is 0 Å². The topological polar surface area (TPSA) is 54.0 Å². The minimum Gasteiger partial charge on any atom is -0.352 e. The average Bonchev–Trinajstić information content (AvgIpc) is 2.64. The van der Waals surface area contributed by atoms with Gasteiger partial charge in [0.25, 0.3) is 0 Å². The molecular formula is C12H21N3OS. The van der Waals surface area contributed by atoms with E-state index in [1.165, 1.54) is 0 Å². The van der Waals surface area contributed by atoms with Crippen molar-refractivity contribution in [3.05, 3.63) is 16.1 Å². The fourth-order valence-electron chi connectivity index (χ4n) is 1.26. The third kappa shape index (κ3) is 5.28. The second-order valence-electron chi connectivity index (χ2n) is 4.55.